The molecule has 0 bridgehead atoms. The van der Waals surface area contributed by atoms with Gasteiger partial charge in [0.05, 0.1) is 47.8 Å². The third kappa shape index (κ3) is 11.1. The van der Waals surface area contributed by atoms with E-state index in [0.717, 1.165) is 117 Å². The Hall–Kier alpha value is -15.9. The molecule has 0 N–H and O–H groups in total. The van der Waals surface area contributed by atoms with Crippen molar-refractivity contribution in [3.63, 3.8) is 0 Å². The lowest BCUT2D eigenvalue weighted by Crippen LogP contribution is -2.32. The first kappa shape index (κ1) is 58.1. The minimum absolute atomic E-state index is 0.0399. The Labute approximate surface area is 684 Å². The van der Waals surface area contributed by atoms with Gasteiger partial charge in [-0.3, -0.25) is 0 Å². The molecule has 4 heterocycles. The molecule has 0 saturated carbocycles. The number of aromatic nitrogens is 6. The highest BCUT2D eigenvalue weighted by Gasteiger charge is 2.54. The first-order valence-corrected chi connectivity index (χ1v) is 37.8. The summed E-state index contributed by atoms with van der Waals surface area (Å²) in [7, 11) is 0. The van der Waals surface area contributed by atoms with E-state index in [4.69, 9.17) is 38.1 Å². The minimum atomic E-state index is -0.816. The van der Waals surface area contributed by atoms with Crippen LogP contribution in [0.25, 0.3) is 135 Å². The number of hydrogen-bond acceptors (Lipinski definition) is 10. The van der Waals surface area contributed by atoms with Crippen LogP contribution in [0.1, 0.15) is 69.3 Å². The van der Waals surface area contributed by atoms with Gasteiger partial charge in [0.25, 0.3) is 0 Å². The maximum absolute atomic E-state index is 10.3. The van der Waals surface area contributed by atoms with E-state index in [2.05, 4.69) is 221 Å². The lowest BCUT2D eigenvalue weighted by Gasteiger charge is -2.40. The summed E-state index contributed by atoms with van der Waals surface area (Å²) in [6, 6.07) is 109. The van der Waals surface area contributed by atoms with Gasteiger partial charge in [0, 0.05) is 72.3 Å². The molecule has 2 aromatic heterocycles. The zero-order chi connectivity index (χ0) is 86.0. The third-order valence-corrected chi connectivity index (χ3v) is 22.3. The molecular weight excluding hydrogens is 1420 g/mol. The maximum Gasteiger partial charge on any atom is 0.164 e. The zero-order valence-electron chi connectivity index (χ0n) is 71.6. The summed E-state index contributed by atoms with van der Waals surface area (Å²) in [5.74, 6) is 4.04. The van der Waals surface area contributed by atoms with Gasteiger partial charge in [-0.2, -0.15) is 10.5 Å². The van der Waals surface area contributed by atoms with Crippen LogP contribution in [0.4, 0.5) is 0 Å². The van der Waals surface area contributed by atoms with Crippen LogP contribution in [-0.4, -0.2) is 29.9 Å². The van der Waals surface area contributed by atoms with Crippen molar-refractivity contribution in [1.82, 2.24) is 29.9 Å². The fraction of sp³-hybridized carbons (Fsp3) is 0.0189. The topological polar surface area (TPSA) is 143 Å². The van der Waals surface area contributed by atoms with Crippen molar-refractivity contribution < 1.29 is 23.2 Å². The monoisotopic (exact) mass is 1490 g/mol. The molecule has 2 unspecified atom stereocenters. The van der Waals surface area contributed by atoms with Gasteiger partial charge in [-0.05, 0) is 103 Å². The summed E-state index contributed by atoms with van der Waals surface area (Å²) in [6.07, 6.45) is 0. The molecule has 10 heteroatoms. The highest BCUT2D eigenvalue weighted by molar-refractivity contribution is 5.98. The Bertz CT molecular complexity index is 7540. The molecule has 0 radical (unpaired) electrons. The van der Waals surface area contributed by atoms with Crippen LogP contribution in [0.3, 0.4) is 0 Å². The smallest absolute Gasteiger partial charge is 0.164 e. The Morgan fingerprint density at radius 1 is 0.233 bits per heavy atom. The predicted octanol–water partition coefficient (Wildman–Crippen LogP) is 25.1. The average Bonchev–Trinajstić information content (AvgIpc) is 1.50. The van der Waals surface area contributed by atoms with E-state index in [1.807, 2.05) is 121 Å². The third-order valence-electron chi connectivity index (χ3n) is 22.3. The van der Waals surface area contributed by atoms with Crippen LogP contribution in [0.2, 0.25) is 0 Å². The first-order valence-electron chi connectivity index (χ1n) is 42.8. The van der Waals surface area contributed by atoms with Gasteiger partial charge in [0.15, 0.2) is 34.9 Å². The normalized spacial score (nSPS) is 15.6. The number of benzene rings is 16. The van der Waals surface area contributed by atoms with Crippen molar-refractivity contribution in [2.24, 2.45) is 0 Å². The Kier molecular flexibility index (Phi) is 14.1. The molecular formula is C106H64N8O2. The van der Waals surface area contributed by atoms with Crippen molar-refractivity contribution >= 4 is 0 Å². The van der Waals surface area contributed by atoms with E-state index in [9.17, 15) is 10.5 Å². The van der Waals surface area contributed by atoms with Gasteiger partial charge < -0.3 is 9.47 Å². The summed E-state index contributed by atoms with van der Waals surface area (Å²) in [6.45, 7) is 0. The summed E-state index contributed by atoms with van der Waals surface area (Å²) in [4.78, 5) is 28.6. The molecule has 18 aromatic rings. The van der Waals surface area contributed by atoms with Gasteiger partial charge in [0.2, 0.25) is 0 Å². The lowest BCUT2D eigenvalue weighted by atomic mass is 9.65. The van der Waals surface area contributed by atoms with Crippen LogP contribution >= 0.6 is 0 Å². The highest BCUT2D eigenvalue weighted by atomic mass is 16.5. The van der Waals surface area contributed by atoms with Crippen LogP contribution < -0.4 is 9.47 Å². The fourth-order valence-electron chi connectivity index (χ4n) is 17.3. The number of para-hydroxylation sites is 4. The molecule has 10 nitrogen and oxygen atoms in total. The number of ether oxygens (including phenoxy) is 2. The molecule has 22 rings (SSSR count). The zero-order valence-corrected chi connectivity index (χ0v) is 61.6. The van der Waals surface area contributed by atoms with Gasteiger partial charge in [-0.15, -0.1) is 0 Å². The number of fused-ring (bicyclic) bond motifs is 18. The summed E-state index contributed by atoms with van der Waals surface area (Å²) < 4.78 is 97.9. The number of hydrogen-bond donors (Lipinski definition) is 0. The van der Waals surface area contributed by atoms with Crippen LogP contribution in [-0.2, 0) is 10.8 Å². The van der Waals surface area contributed by atoms with E-state index in [0.29, 0.717) is 45.7 Å². The molecule has 0 fully saturated rings. The van der Waals surface area contributed by atoms with Crippen LogP contribution in [0.15, 0.2) is 388 Å². The number of nitrogens with zero attached hydrogens (tertiary/aromatic N) is 8. The number of nitriles is 2. The van der Waals surface area contributed by atoms with E-state index in [1.165, 1.54) is 22.3 Å². The minimum Gasteiger partial charge on any atom is -0.456 e. The quantitative estimate of drug-likeness (QED) is 0.130. The average molecular weight is 1490 g/mol. The second kappa shape index (κ2) is 28.1. The predicted molar refractivity (Wildman–Crippen MR) is 458 cm³/mol. The molecule has 2 spiro atoms. The highest BCUT2D eigenvalue weighted by Crippen LogP contribution is 2.66. The van der Waals surface area contributed by atoms with Crippen molar-refractivity contribution in [1.29, 1.82) is 10.5 Å². The van der Waals surface area contributed by atoms with E-state index < -0.39 is 71.3 Å². The van der Waals surface area contributed by atoms with E-state index >= 15 is 0 Å². The largest absolute Gasteiger partial charge is 0.456 e. The van der Waals surface area contributed by atoms with Crippen molar-refractivity contribution in [2.75, 3.05) is 0 Å². The number of rotatable bonds is 10. The van der Waals surface area contributed by atoms with E-state index in [-0.39, 0.29) is 28.6 Å². The summed E-state index contributed by atoms with van der Waals surface area (Å²) in [5.41, 5.74) is 22.9. The van der Waals surface area contributed by atoms with Gasteiger partial charge in [0.1, 0.15) is 23.0 Å². The van der Waals surface area contributed by atoms with Crippen molar-refractivity contribution in [3.05, 3.63) is 444 Å². The van der Waals surface area contributed by atoms with Gasteiger partial charge >= 0.3 is 0 Å². The van der Waals surface area contributed by atoms with Crippen molar-refractivity contribution in [2.45, 2.75) is 10.8 Å². The fourth-order valence-corrected chi connectivity index (χ4v) is 17.3. The summed E-state index contributed by atoms with van der Waals surface area (Å²) in [5, 5.41) is 19.9. The van der Waals surface area contributed by atoms with Gasteiger partial charge in [-0.25, -0.2) is 29.9 Å². The Balaban J connectivity index is 0.000000154. The molecule has 0 saturated heterocycles. The van der Waals surface area contributed by atoms with Crippen molar-refractivity contribution in [3.8, 4) is 170 Å². The Morgan fingerprint density at radius 2 is 0.543 bits per heavy atom. The molecule has 0 amide bonds. The maximum atomic E-state index is 10.3. The Morgan fingerprint density at radius 3 is 1.00 bits per heavy atom. The standard InChI is InChI=1S/C59H36N4O.C47H28N4O/c60-37-38-25-27-41(28-26-38)46-18-11-22-51-54(46)48-17-7-8-20-49(48)59(51)50-21-9-10-24-53(50)64-55-47(19-12-23-52(55)59)42-31-35-45(36-32-42)58-62-56(43-15-5-2-6-16-43)61-57(63-58)44-33-29-40(30-34-44)39-13-3-1-4-14-39;48-29-34-17-11-22-39-42(34)36-18-7-8-20-37(36)47(39)38-21-9-10-24-41(38)52-43-35(19-12-23-40(43)47)30-25-27-33(28-26-30)46-50-44(31-13-3-1-4-14-31)49-45(51-46)32-15-5-2-6-16-32/h1-36H;1-28H/i;1D,2D,3D,4D,5D,6D,13D,14D,15D,16D. The van der Waals surface area contributed by atoms with Crippen LogP contribution in [0.5, 0.6) is 23.0 Å². The molecule has 2 aliphatic heterocycles. The molecule has 2 aliphatic carbocycles. The second-order valence-electron chi connectivity index (χ2n) is 28.5. The molecule has 16 aromatic carbocycles. The molecule has 2 atom stereocenters. The van der Waals surface area contributed by atoms with Gasteiger partial charge in [-0.1, -0.05) is 358 Å². The lowest BCUT2D eigenvalue weighted by molar-refractivity contribution is 0.438. The first-order chi connectivity index (χ1) is 61.5. The van der Waals surface area contributed by atoms with Crippen LogP contribution in [0, 0.1) is 22.7 Å². The summed E-state index contributed by atoms with van der Waals surface area (Å²) >= 11 is 0. The SMILES string of the molecule is N#Cc1ccc(-c2cccc3c2-c2ccccc2C32c3ccccc3Oc3c(-c4ccc(-c5nc(-c6ccccc6)nc(-c6ccc(-c7ccccc7)cc6)n5)cc4)cccc32)cc1.[2H]c1c([2H])c([2H])c(-c2nc(-c3ccc(-c4cccc5c4Oc4ccccc4C54c5ccccc5-c5c(C#N)cccc54)cc3)nc(-c3c([2H])c([2H])c([2H])c([2H])c3[2H])n2)c([2H])c1[2H]. The molecule has 116 heavy (non-hydrogen) atoms. The van der Waals surface area contributed by atoms with E-state index in [1.54, 1.807) is 12.1 Å². The molecule has 4 aliphatic rings. The molecule has 540 valence electrons. The second-order valence-corrected chi connectivity index (χ2v) is 28.5.